The summed E-state index contributed by atoms with van der Waals surface area (Å²) in [6.07, 6.45) is 81.4. The van der Waals surface area contributed by atoms with Gasteiger partial charge < -0.3 is 27.9 Å². The zero-order valence-corrected chi connectivity index (χ0v) is 47.6. The van der Waals surface area contributed by atoms with Crippen molar-refractivity contribution in [3.8, 4) is 0 Å². The van der Waals surface area contributed by atoms with E-state index in [0.717, 1.165) is 128 Å². The summed E-state index contributed by atoms with van der Waals surface area (Å²) < 4.78 is 33.9. The lowest BCUT2D eigenvalue weighted by atomic mass is 10.1. The molecule has 10 heteroatoms. The number of hydrogen-bond acceptors (Lipinski definition) is 8. The third-order valence-electron chi connectivity index (χ3n) is 10.7. The number of quaternary nitrogens is 1. The van der Waals surface area contributed by atoms with Crippen molar-refractivity contribution in [1.29, 1.82) is 0 Å². The summed E-state index contributed by atoms with van der Waals surface area (Å²) in [6, 6.07) is 0. The Morgan fingerprint density at radius 3 is 1.14 bits per heavy atom. The average molecular weight is 1040 g/mol. The van der Waals surface area contributed by atoms with Gasteiger partial charge in [-0.15, -0.1) is 0 Å². The van der Waals surface area contributed by atoms with E-state index in [-0.39, 0.29) is 26.1 Å². The van der Waals surface area contributed by atoms with E-state index in [0.29, 0.717) is 23.9 Å². The van der Waals surface area contributed by atoms with Crippen LogP contribution in [0.4, 0.5) is 0 Å². The molecule has 0 radical (unpaired) electrons. The Balaban J connectivity index is 4.24. The number of phosphoric acid groups is 1. The topological polar surface area (TPSA) is 111 Å². The van der Waals surface area contributed by atoms with Gasteiger partial charge in [0.1, 0.15) is 19.8 Å². The van der Waals surface area contributed by atoms with Crippen LogP contribution in [-0.4, -0.2) is 70.0 Å². The SMILES string of the molecule is CC/C=C\C/C=C\C/C=C\C/C=C\C/C=C\C/C=C\C/C=C\C/C=C\C/C=C\C/C=C\CCCCCCCCC(=O)OC(COC(=O)CC/C=C\C/C=C\C/C=C\C/C=C\CC)COP(=O)([O-])OCC[N+](C)(C)C. The standard InChI is InChI=1S/C64H100NO8P/c1-6-8-10-12-14-16-18-20-21-22-23-24-25-26-27-28-29-30-31-32-33-34-35-36-37-38-39-40-41-42-43-45-47-49-51-53-55-57-64(67)73-62(61-72-74(68,69)71-59-58-65(3,4)5)60-70-63(66)56-54-52-50-48-46-44-19-17-15-13-11-9-7-2/h8-11,14-17,20-21,23-24,26-27,29-30,32-33,35-36,38-39,41-42,44,46,50,52,62H,6-7,12-13,18-19,22,25,28,31,34,37,40,43,45,47-49,51,53-61H2,1-5H3/b10-8-,11-9-,16-14-,17-15-,21-20-,24-23-,27-26-,30-29-,33-32-,36-35-,39-38-,42-41-,46-44-,52-50-. The van der Waals surface area contributed by atoms with Gasteiger partial charge in [0.15, 0.2) is 6.10 Å². The van der Waals surface area contributed by atoms with Crippen LogP contribution in [0, 0.1) is 0 Å². The monoisotopic (exact) mass is 1040 g/mol. The van der Waals surface area contributed by atoms with Crippen molar-refractivity contribution in [2.24, 2.45) is 0 Å². The molecule has 0 aliphatic heterocycles. The van der Waals surface area contributed by atoms with Gasteiger partial charge >= 0.3 is 11.9 Å². The van der Waals surface area contributed by atoms with Crippen LogP contribution in [0.2, 0.25) is 0 Å². The number of hydrogen-bond donors (Lipinski definition) is 0. The molecular formula is C64H100NO8P. The molecule has 0 aliphatic rings. The van der Waals surface area contributed by atoms with Gasteiger partial charge in [-0.1, -0.05) is 210 Å². The van der Waals surface area contributed by atoms with E-state index in [1.165, 1.54) is 0 Å². The Bertz CT molecular complexity index is 1850. The van der Waals surface area contributed by atoms with E-state index >= 15 is 0 Å². The summed E-state index contributed by atoms with van der Waals surface area (Å²) in [5.74, 6) is -0.964. The van der Waals surface area contributed by atoms with E-state index in [1.807, 2.05) is 33.3 Å². The first-order chi connectivity index (χ1) is 36.0. The second-order valence-corrected chi connectivity index (χ2v) is 20.2. The number of ether oxygens (including phenoxy) is 2. The first-order valence-electron chi connectivity index (χ1n) is 27.8. The molecule has 0 bridgehead atoms. The lowest BCUT2D eigenvalue weighted by Gasteiger charge is -2.28. The minimum absolute atomic E-state index is 0.0544. The lowest BCUT2D eigenvalue weighted by Crippen LogP contribution is -2.37. The molecule has 0 fully saturated rings. The lowest BCUT2D eigenvalue weighted by molar-refractivity contribution is -0.870. The smallest absolute Gasteiger partial charge is 0.306 e. The van der Waals surface area contributed by atoms with Crippen LogP contribution in [0.25, 0.3) is 0 Å². The summed E-state index contributed by atoms with van der Waals surface area (Å²) in [7, 11) is 1.09. The first-order valence-corrected chi connectivity index (χ1v) is 29.3. The van der Waals surface area contributed by atoms with Gasteiger partial charge in [0, 0.05) is 12.8 Å². The molecule has 0 saturated carbocycles. The number of allylic oxidation sites excluding steroid dienone is 28. The van der Waals surface area contributed by atoms with E-state index in [9.17, 15) is 19.0 Å². The highest BCUT2D eigenvalue weighted by Crippen LogP contribution is 2.38. The Morgan fingerprint density at radius 1 is 0.419 bits per heavy atom. The van der Waals surface area contributed by atoms with Crippen LogP contribution < -0.4 is 4.89 Å². The van der Waals surface area contributed by atoms with Crippen LogP contribution in [0.3, 0.4) is 0 Å². The van der Waals surface area contributed by atoms with Crippen molar-refractivity contribution in [1.82, 2.24) is 0 Å². The largest absolute Gasteiger partial charge is 0.756 e. The molecule has 2 atom stereocenters. The fourth-order valence-corrected chi connectivity index (χ4v) is 7.25. The van der Waals surface area contributed by atoms with Gasteiger partial charge in [0.2, 0.25) is 0 Å². The molecule has 9 nitrogen and oxygen atoms in total. The molecule has 74 heavy (non-hydrogen) atoms. The van der Waals surface area contributed by atoms with Crippen molar-refractivity contribution in [3.05, 3.63) is 170 Å². The minimum atomic E-state index is -4.66. The zero-order valence-electron chi connectivity index (χ0n) is 46.7. The van der Waals surface area contributed by atoms with Gasteiger partial charge in [-0.2, -0.15) is 0 Å². The average Bonchev–Trinajstić information content (AvgIpc) is 3.36. The Labute approximate surface area is 451 Å². The van der Waals surface area contributed by atoms with E-state index in [1.54, 1.807) is 0 Å². The maximum atomic E-state index is 12.8. The quantitative estimate of drug-likeness (QED) is 0.0195. The number of carbonyl (C=O) groups is 2. The maximum Gasteiger partial charge on any atom is 0.306 e. The normalized spacial score (nSPS) is 14.6. The van der Waals surface area contributed by atoms with Crippen molar-refractivity contribution in [3.63, 3.8) is 0 Å². The number of esters is 2. The molecular weight excluding hydrogens is 942 g/mol. The molecule has 0 heterocycles. The van der Waals surface area contributed by atoms with Gasteiger partial charge in [0.25, 0.3) is 7.82 Å². The predicted molar refractivity (Wildman–Crippen MR) is 313 cm³/mol. The van der Waals surface area contributed by atoms with Gasteiger partial charge in [-0.3, -0.25) is 14.2 Å². The van der Waals surface area contributed by atoms with Crippen molar-refractivity contribution in [2.45, 2.75) is 174 Å². The summed E-state index contributed by atoms with van der Waals surface area (Å²) in [5.41, 5.74) is 0. The van der Waals surface area contributed by atoms with Gasteiger partial charge in [0.05, 0.1) is 27.7 Å². The summed E-state index contributed by atoms with van der Waals surface area (Å²) >= 11 is 0. The third-order valence-corrected chi connectivity index (χ3v) is 11.7. The van der Waals surface area contributed by atoms with Crippen LogP contribution in [0.15, 0.2) is 170 Å². The molecule has 0 spiro atoms. The molecule has 0 aliphatic carbocycles. The first kappa shape index (κ1) is 69.4. The number of nitrogens with zero attached hydrogens (tertiary/aromatic N) is 1. The number of likely N-dealkylation sites (N-methyl/N-ethyl adjacent to an activating group) is 1. The molecule has 0 rings (SSSR count). The number of carbonyl (C=O) groups excluding carboxylic acids is 2. The van der Waals surface area contributed by atoms with Crippen LogP contribution in [-0.2, 0) is 32.7 Å². The van der Waals surface area contributed by atoms with E-state index in [2.05, 4.69) is 172 Å². The summed E-state index contributed by atoms with van der Waals surface area (Å²) in [4.78, 5) is 37.7. The molecule has 2 unspecified atom stereocenters. The highest BCUT2D eigenvalue weighted by Gasteiger charge is 2.21. The Hall–Kier alpha value is -4.63. The highest BCUT2D eigenvalue weighted by atomic mass is 31.2. The van der Waals surface area contributed by atoms with Crippen molar-refractivity contribution < 1.29 is 42.1 Å². The number of phosphoric ester groups is 1. The van der Waals surface area contributed by atoms with Crippen LogP contribution >= 0.6 is 7.82 Å². The maximum absolute atomic E-state index is 12.8. The third kappa shape index (κ3) is 56.7. The predicted octanol–water partition coefficient (Wildman–Crippen LogP) is 16.8. The van der Waals surface area contributed by atoms with Crippen LogP contribution in [0.1, 0.15) is 168 Å². The highest BCUT2D eigenvalue weighted by molar-refractivity contribution is 7.45. The fraction of sp³-hybridized carbons (Fsp3) is 0.531. The molecule has 0 N–H and O–H groups in total. The molecule has 0 saturated heterocycles. The van der Waals surface area contributed by atoms with E-state index in [4.69, 9.17) is 18.5 Å². The molecule has 414 valence electrons. The molecule has 0 amide bonds. The Morgan fingerprint density at radius 2 is 0.757 bits per heavy atom. The van der Waals surface area contributed by atoms with Gasteiger partial charge in [-0.05, 0) is 116 Å². The Kier molecular flexibility index (Phi) is 49.9. The summed E-state index contributed by atoms with van der Waals surface area (Å²) in [5, 5.41) is 0. The van der Waals surface area contributed by atoms with E-state index < -0.39 is 32.5 Å². The summed E-state index contributed by atoms with van der Waals surface area (Å²) in [6.45, 7) is 3.86. The number of unbranched alkanes of at least 4 members (excludes halogenated alkanes) is 6. The molecule has 0 aromatic heterocycles. The second kappa shape index (κ2) is 53.2. The van der Waals surface area contributed by atoms with Crippen molar-refractivity contribution in [2.75, 3.05) is 47.5 Å². The van der Waals surface area contributed by atoms with Crippen LogP contribution in [0.5, 0.6) is 0 Å². The van der Waals surface area contributed by atoms with Gasteiger partial charge in [-0.25, -0.2) is 0 Å². The zero-order chi connectivity index (χ0) is 54.2. The molecule has 0 aromatic rings. The second-order valence-electron chi connectivity index (χ2n) is 18.8. The molecule has 0 aromatic carbocycles. The fourth-order valence-electron chi connectivity index (χ4n) is 6.52. The van der Waals surface area contributed by atoms with Crippen molar-refractivity contribution >= 4 is 19.8 Å². The number of rotatable bonds is 48. The minimum Gasteiger partial charge on any atom is -0.756 e.